The van der Waals surface area contributed by atoms with E-state index >= 15 is 0 Å². The van der Waals surface area contributed by atoms with Crippen LogP contribution >= 0.6 is 11.3 Å². The van der Waals surface area contributed by atoms with E-state index in [0.29, 0.717) is 5.92 Å². The van der Waals surface area contributed by atoms with Crippen LogP contribution < -0.4 is 4.80 Å². The summed E-state index contributed by atoms with van der Waals surface area (Å²) in [5.74, 6) is 0.242. The predicted molar refractivity (Wildman–Crippen MR) is 89.6 cm³/mol. The molecule has 3 nitrogen and oxygen atoms in total. The van der Waals surface area contributed by atoms with E-state index in [0.717, 1.165) is 35.3 Å². The molecule has 0 fully saturated rings. The van der Waals surface area contributed by atoms with Gasteiger partial charge in [0.1, 0.15) is 5.82 Å². The van der Waals surface area contributed by atoms with Gasteiger partial charge in [0.05, 0.1) is 5.69 Å². The lowest BCUT2D eigenvalue weighted by molar-refractivity contribution is 0.621. The number of aromatic nitrogens is 1. The first-order chi connectivity index (χ1) is 10.8. The van der Waals surface area contributed by atoms with Gasteiger partial charge in [0.15, 0.2) is 0 Å². The quantitative estimate of drug-likeness (QED) is 0.603. The number of halogens is 1. The summed E-state index contributed by atoms with van der Waals surface area (Å²) in [6, 6.07) is 6.48. The topological polar surface area (TPSA) is 29.6 Å². The highest BCUT2D eigenvalue weighted by Crippen LogP contribution is 2.21. The third-order valence-corrected chi connectivity index (χ3v) is 4.63. The number of allylic oxidation sites excluding steroid dienone is 2. The highest BCUT2D eigenvalue weighted by atomic mass is 32.1. The van der Waals surface area contributed by atoms with Gasteiger partial charge in [-0.15, -0.1) is 11.3 Å². The van der Waals surface area contributed by atoms with Crippen molar-refractivity contribution < 1.29 is 4.39 Å². The van der Waals surface area contributed by atoms with E-state index in [2.05, 4.69) is 22.2 Å². The molecule has 22 heavy (non-hydrogen) atoms. The fourth-order valence-corrected chi connectivity index (χ4v) is 3.30. The van der Waals surface area contributed by atoms with E-state index in [1.165, 1.54) is 23.5 Å². The molecular weight excluding hydrogens is 297 g/mol. The molecular formula is C17H18FN3S. The second kappa shape index (κ2) is 6.83. The molecule has 0 N–H and O–H groups in total. The van der Waals surface area contributed by atoms with E-state index < -0.39 is 0 Å². The van der Waals surface area contributed by atoms with Crippen LogP contribution in [0.5, 0.6) is 0 Å². The van der Waals surface area contributed by atoms with Gasteiger partial charge < -0.3 is 0 Å². The van der Waals surface area contributed by atoms with Crippen LogP contribution in [0.2, 0.25) is 0 Å². The molecule has 0 aliphatic heterocycles. The lowest BCUT2D eigenvalue weighted by Gasteiger charge is -2.12. The maximum absolute atomic E-state index is 13.1. The van der Waals surface area contributed by atoms with E-state index in [1.807, 2.05) is 16.3 Å². The molecule has 1 aromatic carbocycles. The number of nitrogens with zero attached hydrogens (tertiary/aromatic N) is 3. The molecule has 5 heteroatoms. The molecule has 0 saturated heterocycles. The number of benzene rings is 1. The average Bonchev–Trinajstić information content (AvgIpc) is 2.97. The number of thiazole rings is 1. The second-order valence-corrected chi connectivity index (χ2v) is 6.09. The van der Waals surface area contributed by atoms with Gasteiger partial charge >= 0.3 is 0 Å². The molecule has 114 valence electrons. The van der Waals surface area contributed by atoms with Crippen LogP contribution in [0.1, 0.15) is 19.3 Å². The molecule has 2 aromatic rings. The minimum absolute atomic E-state index is 0.233. The third kappa shape index (κ3) is 3.25. The molecule has 1 aliphatic carbocycles. The maximum Gasteiger partial charge on any atom is 0.205 e. The molecule has 0 bridgehead atoms. The summed E-state index contributed by atoms with van der Waals surface area (Å²) in [6.07, 6.45) is 9.73. The minimum atomic E-state index is -0.233. The van der Waals surface area contributed by atoms with Crippen molar-refractivity contribution >= 4 is 17.6 Å². The fraction of sp³-hybridized carbons (Fsp3) is 0.294. The Kier molecular flexibility index (Phi) is 4.63. The summed E-state index contributed by atoms with van der Waals surface area (Å²) in [6.45, 7) is 0. The van der Waals surface area contributed by atoms with Crippen molar-refractivity contribution in [3.63, 3.8) is 0 Å². The highest BCUT2D eigenvalue weighted by Gasteiger charge is 2.10. The Morgan fingerprint density at radius 3 is 2.77 bits per heavy atom. The first-order valence-corrected chi connectivity index (χ1v) is 8.24. The highest BCUT2D eigenvalue weighted by molar-refractivity contribution is 7.07. The predicted octanol–water partition coefficient (Wildman–Crippen LogP) is 4.08. The van der Waals surface area contributed by atoms with Gasteiger partial charge in [-0.3, -0.25) is 4.99 Å². The van der Waals surface area contributed by atoms with Gasteiger partial charge in [-0.2, -0.15) is 5.10 Å². The van der Waals surface area contributed by atoms with Gasteiger partial charge in [0, 0.05) is 24.2 Å². The van der Waals surface area contributed by atoms with Gasteiger partial charge in [-0.05, 0) is 49.4 Å². The van der Waals surface area contributed by atoms with Crippen LogP contribution in [0.4, 0.5) is 4.39 Å². The van der Waals surface area contributed by atoms with Crippen LogP contribution in [-0.2, 0) is 0 Å². The number of rotatable bonds is 3. The molecule has 1 unspecified atom stereocenters. The zero-order valence-corrected chi connectivity index (χ0v) is 13.3. The van der Waals surface area contributed by atoms with Crippen molar-refractivity contribution in [3.05, 3.63) is 52.4 Å². The molecule has 0 spiro atoms. The third-order valence-electron chi connectivity index (χ3n) is 3.72. The Hall–Kier alpha value is -2.01. The Balaban J connectivity index is 1.95. The molecule has 1 atom stereocenters. The average molecular weight is 315 g/mol. The van der Waals surface area contributed by atoms with Gasteiger partial charge in [-0.25, -0.2) is 9.07 Å². The van der Waals surface area contributed by atoms with Gasteiger partial charge in [-0.1, -0.05) is 12.2 Å². The molecule has 0 radical (unpaired) electrons. The smallest absolute Gasteiger partial charge is 0.205 e. The first-order valence-electron chi connectivity index (χ1n) is 7.36. The molecule has 1 aliphatic rings. The summed E-state index contributed by atoms with van der Waals surface area (Å²) >= 11 is 1.54. The van der Waals surface area contributed by atoms with Crippen molar-refractivity contribution in [2.75, 3.05) is 7.05 Å². The van der Waals surface area contributed by atoms with Gasteiger partial charge in [0.25, 0.3) is 0 Å². The summed E-state index contributed by atoms with van der Waals surface area (Å²) in [5, 5.41) is 6.65. The molecule has 1 heterocycles. The zero-order valence-electron chi connectivity index (χ0n) is 12.4. The number of hydrogen-bond acceptors (Lipinski definition) is 3. The Morgan fingerprint density at radius 1 is 1.27 bits per heavy atom. The van der Waals surface area contributed by atoms with Crippen molar-refractivity contribution in [1.29, 1.82) is 0 Å². The monoisotopic (exact) mass is 315 g/mol. The van der Waals surface area contributed by atoms with Crippen molar-refractivity contribution in [3.8, 4) is 11.3 Å². The van der Waals surface area contributed by atoms with Crippen LogP contribution in [0, 0.1) is 11.7 Å². The summed E-state index contributed by atoms with van der Waals surface area (Å²) < 4.78 is 14.9. The Bertz CT molecular complexity index is 753. The Morgan fingerprint density at radius 2 is 2.09 bits per heavy atom. The summed E-state index contributed by atoms with van der Waals surface area (Å²) in [7, 11) is 1.76. The van der Waals surface area contributed by atoms with E-state index in [9.17, 15) is 4.39 Å². The number of hydrogen-bond donors (Lipinski definition) is 0. The van der Waals surface area contributed by atoms with Crippen molar-refractivity contribution in [1.82, 2.24) is 4.68 Å². The molecule has 3 rings (SSSR count). The zero-order chi connectivity index (χ0) is 15.4. The normalized spacial score (nSPS) is 19.2. The Labute approximate surface area is 133 Å². The van der Waals surface area contributed by atoms with E-state index in [4.69, 9.17) is 0 Å². The standard InChI is InChI=1S/C17H18FN3S/c1-19-17-21(20-11-13-5-3-2-4-6-13)16(12-22-17)14-7-9-15(18)10-8-14/h2-3,7-13H,4-6H2,1H3. The SMILES string of the molecule is CN=c1scc(-c2ccc(F)cc2)n1N=CC1CC=CCC1. The maximum atomic E-state index is 13.1. The van der Waals surface area contributed by atoms with Crippen LogP contribution in [0.15, 0.2) is 51.9 Å². The summed E-state index contributed by atoms with van der Waals surface area (Å²) in [4.78, 5) is 5.11. The lowest BCUT2D eigenvalue weighted by Crippen LogP contribution is -2.13. The van der Waals surface area contributed by atoms with Crippen molar-refractivity contribution in [2.24, 2.45) is 16.0 Å². The molecule has 1 aromatic heterocycles. The largest absolute Gasteiger partial charge is 0.261 e. The molecule has 0 saturated carbocycles. The van der Waals surface area contributed by atoms with Crippen LogP contribution in [-0.4, -0.2) is 17.9 Å². The van der Waals surface area contributed by atoms with E-state index in [-0.39, 0.29) is 5.82 Å². The van der Waals surface area contributed by atoms with E-state index in [1.54, 1.807) is 19.2 Å². The first kappa shape index (κ1) is 14.9. The van der Waals surface area contributed by atoms with Crippen molar-refractivity contribution in [2.45, 2.75) is 19.3 Å². The van der Waals surface area contributed by atoms with Crippen LogP contribution in [0.3, 0.4) is 0 Å². The second-order valence-electron chi connectivity index (χ2n) is 5.25. The summed E-state index contributed by atoms with van der Waals surface area (Å²) in [5.41, 5.74) is 1.88. The lowest BCUT2D eigenvalue weighted by atomic mass is 9.96. The molecule has 0 amide bonds. The fourth-order valence-electron chi connectivity index (χ4n) is 2.49. The van der Waals surface area contributed by atoms with Crippen LogP contribution in [0.25, 0.3) is 11.3 Å². The van der Waals surface area contributed by atoms with Gasteiger partial charge in [0.2, 0.25) is 4.80 Å². The minimum Gasteiger partial charge on any atom is -0.261 e.